The topological polar surface area (TPSA) is 9.23 Å². The molecule has 1 saturated carbocycles. The zero-order valence-electron chi connectivity index (χ0n) is 20.2. The van der Waals surface area contributed by atoms with Gasteiger partial charge < -0.3 is 4.74 Å². The first-order chi connectivity index (χ1) is 16.3. The van der Waals surface area contributed by atoms with Gasteiger partial charge in [-0.05, 0) is 72.3 Å². The van der Waals surface area contributed by atoms with Gasteiger partial charge in [0, 0.05) is 17.5 Å². The van der Waals surface area contributed by atoms with E-state index in [2.05, 4.69) is 20.1 Å². The van der Waals surface area contributed by atoms with Crippen LogP contribution in [0.25, 0.3) is 11.1 Å². The van der Waals surface area contributed by atoms with E-state index in [1.54, 1.807) is 13.0 Å². The molecular weight excluding hydrogens is 433 g/mol. The summed E-state index contributed by atoms with van der Waals surface area (Å²) in [6.45, 7) is 11.6. The number of hydrogen-bond donors (Lipinski definition) is 0. The fraction of sp³-hybridized carbons (Fsp3) is 0.400. The zero-order chi connectivity index (χ0) is 24.4. The highest BCUT2D eigenvalue weighted by atomic mass is 19.2. The third-order valence-corrected chi connectivity index (χ3v) is 7.34. The molecule has 0 radical (unpaired) electrons. The van der Waals surface area contributed by atoms with Crippen LogP contribution in [-0.4, -0.2) is 0 Å². The molecule has 0 amide bonds. The second-order valence-electron chi connectivity index (χ2n) is 9.65. The van der Waals surface area contributed by atoms with Crippen LogP contribution in [0.5, 0.6) is 5.75 Å². The quantitative estimate of drug-likeness (QED) is 0.412. The summed E-state index contributed by atoms with van der Waals surface area (Å²) in [6, 6.07) is 9.41. The van der Waals surface area contributed by atoms with Crippen LogP contribution in [0.4, 0.5) is 13.2 Å². The average Bonchev–Trinajstić information content (AvgIpc) is 2.86. The SMILES string of the molecule is C=C(CC)/C(F)=C1/Oc2c(cc(-c3ccc(C4CCC(CCC)CC4)cc3)c(F)c2F)CC1=C. The van der Waals surface area contributed by atoms with Crippen molar-refractivity contribution in [1.29, 1.82) is 0 Å². The molecule has 1 aliphatic carbocycles. The second kappa shape index (κ2) is 10.2. The molecule has 0 spiro atoms. The van der Waals surface area contributed by atoms with Gasteiger partial charge in [-0.15, -0.1) is 0 Å². The molecular formula is C30H33F3O. The first-order valence-electron chi connectivity index (χ1n) is 12.4. The number of fused-ring (bicyclic) bond motifs is 1. The number of rotatable bonds is 6. The van der Waals surface area contributed by atoms with E-state index in [1.807, 2.05) is 24.3 Å². The van der Waals surface area contributed by atoms with E-state index in [1.165, 1.54) is 44.1 Å². The Morgan fingerprint density at radius 3 is 2.32 bits per heavy atom. The minimum atomic E-state index is -1.11. The molecule has 1 fully saturated rings. The molecule has 1 aliphatic heterocycles. The summed E-state index contributed by atoms with van der Waals surface area (Å²) in [6.07, 6.45) is 8.00. The highest BCUT2D eigenvalue weighted by Gasteiger charge is 2.29. The molecule has 2 aliphatic rings. The average molecular weight is 467 g/mol. The lowest BCUT2D eigenvalue weighted by Crippen LogP contribution is -2.14. The van der Waals surface area contributed by atoms with Crippen LogP contribution in [0.2, 0.25) is 0 Å². The lowest BCUT2D eigenvalue weighted by molar-refractivity contribution is 0.308. The van der Waals surface area contributed by atoms with Crippen LogP contribution in [0.1, 0.15) is 75.8 Å². The smallest absolute Gasteiger partial charge is 0.202 e. The van der Waals surface area contributed by atoms with E-state index in [0.717, 1.165) is 5.92 Å². The molecule has 0 bridgehead atoms. The maximum atomic E-state index is 15.1. The largest absolute Gasteiger partial charge is 0.450 e. The number of benzene rings is 2. The van der Waals surface area contributed by atoms with Crippen LogP contribution in [0.3, 0.4) is 0 Å². The lowest BCUT2D eigenvalue weighted by atomic mass is 9.77. The number of hydrogen-bond acceptors (Lipinski definition) is 1. The van der Waals surface area contributed by atoms with Crippen molar-refractivity contribution >= 4 is 0 Å². The summed E-state index contributed by atoms with van der Waals surface area (Å²) < 4.78 is 50.3. The van der Waals surface area contributed by atoms with E-state index < -0.39 is 17.5 Å². The van der Waals surface area contributed by atoms with Gasteiger partial charge in [0.2, 0.25) is 5.82 Å². The molecule has 34 heavy (non-hydrogen) atoms. The van der Waals surface area contributed by atoms with Crippen molar-refractivity contribution in [3.63, 3.8) is 0 Å². The van der Waals surface area contributed by atoms with E-state index in [0.29, 0.717) is 29.0 Å². The molecule has 2 aromatic rings. The highest BCUT2D eigenvalue weighted by Crippen LogP contribution is 2.42. The van der Waals surface area contributed by atoms with Crippen LogP contribution in [0, 0.1) is 17.6 Å². The van der Waals surface area contributed by atoms with Gasteiger partial charge in [0.25, 0.3) is 0 Å². The fourth-order valence-electron chi connectivity index (χ4n) is 5.24. The van der Waals surface area contributed by atoms with Gasteiger partial charge in [-0.25, -0.2) is 8.78 Å². The number of halogens is 3. The molecule has 0 saturated heterocycles. The molecule has 1 nitrogen and oxygen atoms in total. The van der Waals surface area contributed by atoms with Gasteiger partial charge in [-0.1, -0.05) is 64.1 Å². The Morgan fingerprint density at radius 2 is 1.71 bits per heavy atom. The molecule has 2 aromatic carbocycles. The molecule has 0 unspecified atom stereocenters. The van der Waals surface area contributed by atoms with Crippen molar-refractivity contribution in [1.82, 2.24) is 0 Å². The van der Waals surface area contributed by atoms with Crippen molar-refractivity contribution in [3.8, 4) is 16.9 Å². The predicted octanol–water partition coefficient (Wildman–Crippen LogP) is 9.34. The van der Waals surface area contributed by atoms with E-state index in [-0.39, 0.29) is 29.1 Å². The number of ether oxygens (including phenoxy) is 1. The molecule has 4 heteroatoms. The first kappa shape index (κ1) is 24.4. The van der Waals surface area contributed by atoms with Crippen molar-refractivity contribution < 1.29 is 17.9 Å². The standard InChI is InChI=1S/C30H33F3O/c1-5-7-20-8-10-21(11-9-20)22-12-14-23(15-13-22)25-17-24-16-19(4)29(26(31)18(3)6-2)34-30(24)28(33)27(25)32/h12-15,17,20-21H,3-11,16H2,1-2H3/b29-26-. The van der Waals surface area contributed by atoms with Gasteiger partial charge >= 0.3 is 0 Å². The van der Waals surface area contributed by atoms with E-state index >= 15 is 8.78 Å². The van der Waals surface area contributed by atoms with Crippen molar-refractivity contribution in [2.45, 2.75) is 71.1 Å². The molecule has 0 aromatic heterocycles. The third kappa shape index (κ3) is 4.73. The van der Waals surface area contributed by atoms with Crippen LogP contribution >= 0.6 is 0 Å². The number of allylic oxidation sites excluding steroid dienone is 3. The predicted molar refractivity (Wildman–Crippen MR) is 132 cm³/mol. The second-order valence-corrected chi connectivity index (χ2v) is 9.65. The Hall–Kier alpha value is -2.75. The Bertz CT molecular complexity index is 1120. The summed E-state index contributed by atoms with van der Waals surface area (Å²) in [7, 11) is 0. The Kier molecular flexibility index (Phi) is 7.35. The monoisotopic (exact) mass is 466 g/mol. The fourth-order valence-corrected chi connectivity index (χ4v) is 5.24. The minimum Gasteiger partial charge on any atom is -0.450 e. The van der Waals surface area contributed by atoms with Crippen molar-refractivity contribution in [2.24, 2.45) is 5.92 Å². The maximum absolute atomic E-state index is 15.1. The minimum absolute atomic E-state index is 0.164. The summed E-state index contributed by atoms with van der Waals surface area (Å²) in [5.74, 6) is -1.83. The molecule has 0 atom stereocenters. The summed E-state index contributed by atoms with van der Waals surface area (Å²) >= 11 is 0. The summed E-state index contributed by atoms with van der Waals surface area (Å²) in [5.41, 5.74) is 3.12. The van der Waals surface area contributed by atoms with Crippen molar-refractivity contribution in [3.05, 3.63) is 89.0 Å². The van der Waals surface area contributed by atoms with Crippen LogP contribution in [0.15, 0.2) is 66.2 Å². The van der Waals surface area contributed by atoms with Crippen LogP contribution in [-0.2, 0) is 6.42 Å². The normalized spacial score (nSPS) is 21.6. The van der Waals surface area contributed by atoms with E-state index in [9.17, 15) is 4.39 Å². The van der Waals surface area contributed by atoms with Gasteiger partial charge in [-0.3, -0.25) is 0 Å². The Balaban J connectivity index is 1.59. The maximum Gasteiger partial charge on any atom is 0.202 e. The van der Waals surface area contributed by atoms with Gasteiger partial charge in [0.15, 0.2) is 23.2 Å². The lowest BCUT2D eigenvalue weighted by Gasteiger charge is -2.28. The molecule has 180 valence electrons. The first-order valence-corrected chi connectivity index (χ1v) is 12.4. The third-order valence-electron chi connectivity index (χ3n) is 7.34. The van der Waals surface area contributed by atoms with Crippen LogP contribution < -0.4 is 4.74 Å². The van der Waals surface area contributed by atoms with Gasteiger partial charge in [0.05, 0.1) is 0 Å². The Labute approximate surface area is 201 Å². The van der Waals surface area contributed by atoms with Crippen molar-refractivity contribution in [2.75, 3.05) is 0 Å². The van der Waals surface area contributed by atoms with Gasteiger partial charge in [-0.2, -0.15) is 4.39 Å². The zero-order valence-corrected chi connectivity index (χ0v) is 20.2. The molecule has 4 rings (SSSR count). The highest BCUT2D eigenvalue weighted by molar-refractivity contribution is 5.68. The Morgan fingerprint density at radius 1 is 1.03 bits per heavy atom. The van der Waals surface area contributed by atoms with Gasteiger partial charge in [0.1, 0.15) is 0 Å². The molecule has 1 heterocycles. The summed E-state index contributed by atoms with van der Waals surface area (Å²) in [4.78, 5) is 0. The molecule has 0 N–H and O–H groups in total. The van der Waals surface area contributed by atoms with E-state index in [4.69, 9.17) is 4.74 Å². The summed E-state index contributed by atoms with van der Waals surface area (Å²) in [5, 5.41) is 0.